The van der Waals surface area contributed by atoms with Crippen molar-refractivity contribution >= 4 is 23.0 Å². The number of rotatable bonds is 4. The van der Waals surface area contributed by atoms with Crippen LogP contribution in [0.25, 0.3) is 0 Å². The fourth-order valence-corrected chi connectivity index (χ4v) is 4.32. The predicted molar refractivity (Wildman–Crippen MR) is 112 cm³/mol. The molecule has 2 aromatic heterocycles. The van der Waals surface area contributed by atoms with E-state index in [1.807, 2.05) is 6.07 Å². The summed E-state index contributed by atoms with van der Waals surface area (Å²) in [5.74, 6) is 1.08. The van der Waals surface area contributed by atoms with Gasteiger partial charge in [-0.25, -0.2) is 4.79 Å². The quantitative estimate of drug-likeness (QED) is 0.470. The molecule has 1 N–H and O–H groups in total. The zero-order chi connectivity index (χ0) is 23.0. The number of anilines is 1. The van der Waals surface area contributed by atoms with Crippen LogP contribution in [-0.4, -0.2) is 39.1 Å². The van der Waals surface area contributed by atoms with Gasteiger partial charge in [0.15, 0.2) is 0 Å². The smallest absolute Gasteiger partial charge is 0.425 e. The highest BCUT2D eigenvalue weighted by Gasteiger charge is 2.32. The monoisotopic (exact) mass is 465 g/mol. The van der Waals surface area contributed by atoms with Crippen molar-refractivity contribution in [3.63, 3.8) is 0 Å². The van der Waals surface area contributed by atoms with Crippen molar-refractivity contribution in [3.8, 4) is 5.75 Å². The lowest BCUT2D eigenvalue weighted by Crippen LogP contribution is -2.39. The molecule has 0 bridgehead atoms. The van der Waals surface area contributed by atoms with Crippen LogP contribution in [0, 0.1) is 6.92 Å². The zero-order valence-corrected chi connectivity index (χ0v) is 17.9. The highest BCUT2D eigenvalue weighted by Crippen LogP contribution is 2.34. The van der Waals surface area contributed by atoms with Gasteiger partial charge in [0.1, 0.15) is 22.2 Å². The van der Waals surface area contributed by atoms with Crippen LogP contribution < -0.4 is 15.3 Å². The molecule has 1 aliphatic heterocycles. The van der Waals surface area contributed by atoms with Crippen LogP contribution in [-0.2, 0) is 19.3 Å². The Balaban J connectivity index is 1.62. The molecule has 0 saturated heterocycles. The first-order valence-corrected chi connectivity index (χ1v) is 10.3. The summed E-state index contributed by atoms with van der Waals surface area (Å²) in [6.45, 7) is 2.08. The van der Waals surface area contributed by atoms with Crippen LogP contribution in [0.4, 0.5) is 19.1 Å². The molecular weight excluding hydrogens is 447 g/mol. The van der Waals surface area contributed by atoms with Gasteiger partial charge in [0.25, 0.3) is 0 Å². The minimum Gasteiger partial charge on any atom is -0.497 e. The number of fused-ring (bicyclic) bond motifs is 1. The van der Waals surface area contributed by atoms with Crippen molar-refractivity contribution in [3.05, 3.63) is 67.5 Å². The molecule has 1 aromatic carbocycles. The molecule has 32 heavy (non-hydrogen) atoms. The molecule has 0 unspecified atom stereocenters. The van der Waals surface area contributed by atoms with Gasteiger partial charge in [-0.3, -0.25) is 4.57 Å². The molecule has 3 heterocycles. The number of hydrogen-bond donors (Lipinski definition) is 1. The SMILES string of the molecule is COc1ccc2c(c1)/C(=N\O)CN(c1nc(C)n(Cc3ccc(C(F)(F)F)s3)c(=O)n1)C2. The van der Waals surface area contributed by atoms with Gasteiger partial charge in [-0.15, -0.1) is 11.3 Å². The van der Waals surface area contributed by atoms with E-state index in [4.69, 9.17) is 4.74 Å². The number of ether oxygens (including phenoxy) is 1. The van der Waals surface area contributed by atoms with Crippen molar-refractivity contribution in [1.29, 1.82) is 0 Å². The fraction of sp³-hybridized carbons (Fsp3) is 0.300. The van der Waals surface area contributed by atoms with Crippen molar-refractivity contribution in [2.45, 2.75) is 26.2 Å². The molecule has 0 atom stereocenters. The molecule has 0 saturated carbocycles. The van der Waals surface area contributed by atoms with Crippen LogP contribution in [0.1, 0.15) is 26.7 Å². The van der Waals surface area contributed by atoms with E-state index in [-0.39, 0.29) is 19.0 Å². The Morgan fingerprint density at radius 2 is 2.00 bits per heavy atom. The van der Waals surface area contributed by atoms with E-state index in [1.165, 1.54) is 10.6 Å². The number of methoxy groups -OCH3 is 1. The highest BCUT2D eigenvalue weighted by atomic mass is 32.1. The normalized spacial score (nSPS) is 15.2. The van der Waals surface area contributed by atoms with Crippen molar-refractivity contribution < 1.29 is 23.1 Å². The van der Waals surface area contributed by atoms with E-state index >= 15 is 0 Å². The molecule has 0 aliphatic carbocycles. The van der Waals surface area contributed by atoms with E-state index < -0.39 is 16.7 Å². The Kier molecular flexibility index (Phi) is 5.63. The number of hydrogen-bond acceptors (Lipinski definition) is 8. The Morgan fingerprint density at radius 3 is 2.62 bits per heavy atom. The maximum Gasteiger partial charge on any atom is 0.425 e. The molecule has 4 rings (SSSR count). The molecule has 168 valence electrons. The number of thiophene rings is 1. The number of nitrogens with zero attached hydrogens (tertiary/aromatic N) is 5. The first kappa shape index (κ1) is 21.8. The van der Waals surface area contributed by atoms with Crippen LogP contribution >= 0.6 is 11.3 Å². The van der Waals surface area contributed by atoms with Crippen LogP contribution in [0.2, 0.25) is 0 Å². The maximum absolute atomic E-state index is 12.8. The topological polar surface area (TPSA) is 92.8 Å². The largest absolute Gasteiger partial charge is 0.497 e. The number of oxime groups is 1. The number of alkyl halides is 3. The van der Waals surface area contributed by atoms with Crippen LogP contribution in [0.3, 0.4) is 0 Å². The van der Waals surface area contributed by atoms with Gasteiger partial charge in [0, 0.05) is 17.0 Å². The summed E-state index contributed by atoms with van der Waals surface area (Å²) in [4.78, 5) is 22.4. The second kappa shape index (κ2) is 8.26. The average molecular weight is 465 g/mol. The lowest BCUT2D eigenvalue weighted by atomic mass is 9.98. The zero-order valence-electron chi connectivity index (χ0n) is 17.0. The predicted octanol–water partition coefficient (Wildman–Crippen LogP) is 3.28. The summed E-state index contributed by atoms with van der Waals surface area (Å²) >= 11 is 0.578. The third-order valence-electron chi connectivity index (χ3n) is 5.07. The molecule has 12 heteroatoms. The van der Waals surface area contributed by atoms with Gasteiger partial charge in [-0.1, -0.05) is 11.2 Å². The maximum atomic E-state index is 12.8. The van der Waals surface area contributed by atoms with E-state index in [9.17, 15) is 23.2 Å². The number of aryl methyl sites for hydroxylation is 1. The van der Waals surface area contributed by atoms with E-state index in [0.29, 0.717) is 40.0 Å². The number of aromatic nitrogens is 3. The molecular formula is C20H18F3N5O3S. The fourth-order valence-electron chi connectivity index (χ4n) is 3.45. The summed E-state index contributed by atoms with van der Waals surface area (Å²) in [6.07, 6.45) is -4.43. The minimum atomic E-state index is -4.43. The lowest BCUT2D eigenvalue weighted by molar-refractivity contribution is -0.134. The molecule has 8 nitrogen and oxygen atoms in total. The van der Waals surface area contributed by atoms with E-state index in [0.717, 1.165) is 17.2 Å². The Morgan fingerprint density at radius 1 is 1.22 bits per heavy atom. The summed E-state index contributed by atoms with van der Waals surface area (Å²) in [5.41, 5.74) is 1.31. The molecule has 1 aliphatic rings. The summed E-state index contributed by atoms with van der Waals surface area (Å²) in [6, 6.07) is 7.70. The van der Waals surface area contributed by atoms with Crippen molar-refractivity contribution in [1.82, 2.24) is 14.5 Å². The van der Waals surface area contributed by atoms with Crippen LogP contribution in [0.5, 0.6) is 5.75 Å². The van der Waals surface area contributed by atoms with Gasteiger partial charge in [0.05, 0.1) is 20.2 Å². The summed E-state index contributed by atoms with van der Waals surface area (Å²) in [7, 11) is 1.54. The van der Waals surface area contributed by atoms with E-state index in [2.05, 4.69) is 15.1 Å². The highest BCUT2D eigenvalue weighted by molar-refractivity contribution is 7.12. The number of halogens is 3. The second-order valence-corrected chi connectivity index (χ2v) is 8.30. The van der Waals surface area contributed by atoms with Crippen LogP contribution in [0.15, 0.2) is 40.3 Å². The Hall–Kier alpha value is -3.41. The molecule has 0 spiro atoms. The first-order chi connectivity index (χ1) is 15.2. The Labute approximate surface area is 184 Å². The standard InChI is InChI=1S/C20H18F3N5O3S/c1-11-24-18(25-19(29)28(11)9-14-5-6-17(32-14)20(21,22)23)27-8-12-3-4-13(31-2)7-15(12)16(10-27)26-30/h3-7,30H,8-10H2,1-2H3/b26-16-. The van der Waals surface area contributed by atoms with Gasteiger partial charge >= 0.3 is 11.9 Å². The Bertz CT molecular complexity index is 1250. The van der Waals surface area contributed by atoms with Gasteiger partial charge in [0.2, 0.25) is 5.95 Å². The van der Waals surface area contributed by atoms with Crippen molar-refractivity contribution in [2.75, 3.05) is 18.6 Å². The molecule has 0 amide bonds. The number of benzene rings is 1. The first-order valence-electron chi connectivity index (χ1n) is 9.44. The molecule has 0 radical (unpaired) electrons. The second-order valence-electron chi connectivity index (χ2n) is 7.13. The third kappa shape index (κ3) is 4.17. The lowest BCUT2D eigenvalue weighted by Gasteiger charge is -2.29. The third-order valence-corrected chi connectivity index (χ3v) is 6.18. The van der Waals surface area contributed by atoms with Gasteiger partial charge < -0.3 is 14.8 Å². The van der Waals surface area contributed by atoms with E-state index in [1.54, 1.807) is 31.1 Å². The summed E-state index contributed by atoms with van der Waals surface area (Å²) < 4.78 is 45.0. The molecule has 0 fully saturated rings. The van der Waals surface area contributed by atoms with Gasteiger partial charge in [-0.2, -0.15) is 23.1 Å². The van der Waals surface area contributed by atoms with Gasteiger partial charge in [-0.05, 0) is 36.8 Å². The van der Waals surface area contributed by atoms with Crippen molar-refractivity contribution in [2.24, 2.45) is 5.16 Å². The summed E-state index contributed by atoms with van der Waals surface area (Å²) in [5, 5.41) is 12.8. The molecule has 3 aromatic rings. The average Bonchev–Trinajstić information content (AvgIpc) is 3.24. The minimum absolute atomic E-state index is 0.0579.